The van der Waals surface area contributed by atoms with Crippen molar-refractivity contribution >= 4 is 5.91 Å². The molecule has 0 saturated heterocycles. The van der Waals surface area contributed by atoms with Crippen molar-refractivity contribution in [1.29, 1.82) is 0 Å². The van der Waals surface area contributed by atoms with Gasteiger partial charge in [0.2, 0.25) is 6.79 Å². The number of pyridine rings is 1. The van der Waals surface area contributed by atoms with Gasteiger partial charge in [-0.15, -0.1) is 0 Å². The van der Waals surface area contributed by atoms with Gasteiger partial charge in [0.15, 0.2) is 17.3 Å². The monoisotopic (exact) mass is 434 g/mol. The topological polar surface area (TPSA) is 87.5 Å². The lowest BCUT2D eigenvalue weighted by atomic mass is 10.2. The lowest BCUT2D eigenvalue weighted by molar-refractivity contribution is -0.137. The number of aromatic nitrogens is 3. The Labute approximate surface area is 174 Å². The molecule has 1 aromatic carbocycles. The standard InChI is InChI=1S/C20H17F3N4O4/c1-12-15(10-26-27(12)18-5-2-13(9-25-18)20(21,22)23)19(28)24-6-7-29-14-3-4-16-17(8-14)31-11-30-16/h2-5,8-10H,6-7,11H2,1H3,(H,24,28). The number of rotatable bonds is 6. The highest BCUT2D eigenvalue weighted by Crippen LogP contribution is 2.35. The van der Waals surface area contributed by atoms with Crippen LogP contribution >= 0.6 is 0 Å². The van der Waals surface area contributed by atoms with Gasteiger partial charge < -0.3 is 19.5 Å². The molecule has 0 fully saturated rings. The molecule has 1 N–H and O–H groups in total. The SMILES string of the molecule is Cc1c(C(=O)NCCOc2ccc3c(c2)OCO3)cnn1-c1ccc(C(F)(F)F)cn1. The Balaban J connectivity index is 1.33. The number of fused-ring (bicyclic) bond motifs is 1. The van der Waals surface area contributed by atoms with Crippen LogP contribution in [-0.4, -0.2) is 40.6 Å². The Hall–Kier alpha value is -3.76. The zero-order valence-electron chi connectivity index (χ0n) is 16.3. The molecule has 0 spiro atoms. The molecule has 8 nitrogen and oxygen atoms in total. The Morgan fingerprint density at radius 3 is 2.74 bits per heavy atom. The van der Waals surface area contributed by atoms with Crippen LogP contribution in [0.15, 0.2) is 42.7 Å². The second-order valence-electron chi connectivity index (χ2n) is 6.58. The molecule has 162 valence electrons. The fourth-order valence-electron chi connectivity index (χ4n) is 2.94. The second-order valence-corrected chi connectivity index (χ2v) is 6.58. The second kappa shape index (κ2) is 8.17. The Morgan fingerprint density at radius 2 is 2.00 bits per heavy atom. The fraction of sp³-hybridized carbons (Fsp3) is 0.250. The number of halogens is 3. The Morgan fingerprint density at radius 1 is 1.19 bits per heavy atom. The van der Waals surface area contributed by atoms with Crippen LogP contribution in [0.5, 0.6) is 17.2 Å². The van der Waals surface area contributed by atoms with Crippen molar-refractivity contribution in [2.75, 3.05) is 19.9 Å². The predicted molar refractivity (Wildman–Crippen MR) is 101 cm³/mol. The van der Waals surface area contributed by atoms with Gasteiger partial charge in [0.05, 0.1) is 29.6 Å². The molecule has 0 saturated carbocycles. The van der Waals surface area contributed by atoms with E-state index in [0.717, 1.165) is 12.3 Å². The molecule has 0 atom stereocenters. The minimum atomic E-state index is -4.47. The van der Waals surface area contributed by atoms with Crippen LogP contribution in [0.4, 0.5) is 13.2 Å². The Kier molecular flexibility index (Phi) is 5.40. The highest BCUT2D eigenvalue weighted by molar-refractivity contribution is 5.95. The summed E-state index contributed by atoms with van der Waals surface area (Å²) in [5.41, 5.74) is -0.132. The van der Waals surface area contributed by atoms with E-state index in [4.69, 9.17) is 14.2 Å². The van der Waals surface area contributed by atoms with E-state index in [1.54, 1.807) is 25.1 Å². The zero-order valence-corrected chi connectivity index (χ0v) is 16.3. The molecular formula is C20H17F3N4O4. The molecule has 4 rings (SSSR count). The van der Waals surface area contributed by atoms with E-state index in [1.165, 1.54) is 16.9 Å². The average Bonchev–Trinajstić information content (AvgIpc) is 3.36. The summed E-state index contributed by atoms with van der Waals surface area (Å²) < 4.78 is 55.5. The van der Waals surface area contributed by atoms with Gasteiger partial charge in [-0.05, 0) is 31.2 Å². The summed E-state index contributed by atoms with van der Waals surface area (Å²) in [5, 5.41) is 6.78. The van der Waals surface area contributed by atoms with Crippen LogP contribution in [0.3, 0.4) is 0 Å². The highest BCUT2D eigenvalue weighted by atomic mass is 19.4. The predicted octanol–water partition coefficient (Wildman–Crippen LogP) is 3.13. The summed E-state index contributed by atoms with van der Waals surface area (Å²) in [7, 11) is 0. The number of carbonyl (C=O) groups is 1. The van der Waals surface area contributed by atoms with Crippen LogP contribution in [0.2, 0.25) is 0 Å². The third kappa shape index (κ3) is 4.39. The molecule has 3 aromatic rings. The number of hydrogen-bond donors (Lipinski definition) is 1. The van der Waals surface area contributed by atoms with Crippen LogP contribution in [0.1, 0.15) is 21.6 Å². The number of carbonyl (C=O) groups excluding carboxylic acids is 1. The van der Waals surface area contributed by atoms with Crippen molar-refractivity contribution in [3.8, 4) is 23.1 Å². The molecule has 1 aliphatic rings. The smallest absolute Gasteiger partial charge is 0.417 e. The number of nitrogens with one attached hydrogen (secondary N) is 1. The fourth-order valence-corrected chi connectivity index (χ4v) is 2.94. The molecule has 0 bridgehead atoms. The largest absolute Gasteiger partial charge is 0.492 e. The van der Waals surface area contributed by atoms with E-state index in [0.29, 0.717) is 22.9 Å². The summed E-state index contributed by atoms with van der Waals surface area (Å²) in [6.07, 6.45) is -2.41. The molecule has 31 heavy (non-hydrogen) atoms. The lowest BCUT2D eigenvalue weighted by Gasteiger charge is -2.09. The van der Waals surface area contributed by atoms with Gasteiger partial charge in [-0.25, -0.2) is 9.67 Å². The molecule has 1 amide bonds. The van der Waals surface area contributed by atoms with Gasteiger partial charge in [-0.3, -0.25) is 4.79 Å². The number of amides is 1. The maximum Gasteiger partial charge on any atom is 0.417 e. The van der Waals surface area contributed by atoms with Gasteiger partial charge >= 0.3 is 6.18 Å². The molecule has 0 aliphatic carbocycles. The van der Waals surface area contributed by atoms with E-state index >= 15 is 0 Å². The molecule has 0 radical (unpaired) electrons. The van der Waals surface area contributed by atoms with E-state index in [1.807, 2.05) is 0 Å². The van der Waals surface area contributed by atoms with E-state index < -0.39 is 11.7 Å². The first-order valence-corrected chi connectivity index (χ1v) is 9.22. The Bertz CT molecular complexity index is 1100. The number of alkyl halides is 3. The van der Waals surface area contributed by atoms with Crippen LogP contribution in [0, 0.1) is 6.92 Å². The van der Waals surface area contributed by atoms with Gasteiger partial charge in [-0.1, -0.05) is 0 Å². The summed E-state index contributed by atoms with van der Waals surface area (Å²) in [6.45, 7) is 2.25. The maximum atomic E-state index is 12.7. The first-order valence-electron chi connectivity index (χ1n) is 9.22. The molecule has 11 heteroatoms. The van der Waals surface area contributed by atoms with Crippen molar-refractivity contribution in [3.63, 3.8) is 0 Å². The van der Waals surface area contributed by atoms with Crippen molar-refractivity contribution in [2.45, 2.75) is 13.1 Å². The first-order chi connectivity index (χ1) is 14.8. The molecular weight excluding hydrogens is 417 g/mol. The summed E-state index contributed by atoms with van der Waals surface area (Å²) in [4.78, 5) is 16.2. The third-order valence-corrected chi connectivity index (χ3v) is 4.55. The number of ether oxygens (including phenoxy) is 3. The van der Waals surface area contributed by atoms with Crippen molar-refractivity contribution in [1.82, 2.24) is 20.1 Å². The van der Waals surface area contributed by atoms with Crippen molar-refractivity contribution < 1.29 is 32.2 Å². The van der Waals surface area contributed by atoms with Crippen molar-refractivity contribution in [3.05, 3.63) is 59.5 Å². The zero-order chi connectivity index (χ0) is 22.0. The molecule has 0 unspecified atom stereocenters. The summed E-state index contributed by atoms with van der Waals surface area (Å²) >= 11 is 0. The number of benzene rings is 1. The van der Waals surface area contributed by atoms with E-state index in [2.05, 4.69) is 15.4 Å². The van der Waals surface area contributed by atoms with Crippen LogP contribution < -0.4 is 19.5 Å². The summed E-state index contributed by atoms with van der Waals surface area (Å²) in [6, 6.07) is 7.29. The third-order valence-electron chi connectivity index (χ3n) is 4.55. The quantitative estimate of drug-likeness (QED) is 0.600. The van der Waals surface area contributed by atoms with Gasteiger partial charge in [0.1, 0.15) is 12.4 Å². The van der Waals surface area contributed by atoms with Crippen LogP contribution in [-0.2, 0) is 6.18 Å². The molecule has 2 aromatic heterocycles. The van der Waals surface area contributed by atoms with Crippen LogP contribution in [0.25, 0.3) is 5.82 Å². The number of hydrogen-bond acceptors (Lipinski definition) is 6. The van der Waals surface area contributed by atoms with Gasteiger partial charge in [-0.2, -0.15) is 18.3 Å². The van der Waals surface area contributed by atoms with Gasteiger partial charge in [0, 0.05) is 12.3 Å². The van der Waals surface area contributed by atoms with E-state index in [-0.39, 0.29) is 37.2 Å². The maximum absolute atomic E-state index is 12.7. The number of nitrogens with zero attached hydrogens (tertiary/aromatic N) is 3. The van der Waals surface area contributed by atoms with Gasteiger partial charge in [0.25, 0.3) is 5.91 Å². The normalized spacial score (nSPS) is 12.6. The highest BCUT2D eigenvalue weighted by Gasteiger charge is 2.30. The first kappa shape index (κ1) is 20.5. The van der Waals surface area contributed by atoms with Crippen molar-refractivity contribution in [2.24, 2.45) is 0 Å². The molecule has 3 heterocycles. The minimum absolute atomic E-state index is 0.171. The minimum Gasteiger partial charge on any atom is -0.492 e. The summed E-state index contributed by atoms with van der Waals surface area (Å²) in [5.74, 6) is 1.62. The van der Waals surface area contributed by atoms with E-state index in [9.17, 15) is 18.0 Å². The molecule has 1 aliphatic heterocycles. The lowest BCUT2D eigenvalue weighted by Crippen LogP contribution is -2.28. The average molecular weight is 434 g/mol.